The van der Waals surface area contributed by atoms with E-state index in [1.165, 1.54) is 17.7 Å². The maximum atomic E-state index is 9.08. The number of rotatable bonds is 4. The summed E-state index contributed by atoms with van der Waals surface area (Å²) < 4.78 is 0. The van der Waals surface area contributed by atoms with Gasteiger partial charge in [0.2, 0.25) is 0 Å². The van der Waals surface area contributed by atoms with E-state index in [4.69, 9.17) is 5.26 Å². The van der Waals surface area contributed by atoms with Crippen LogP contribution in [0.4, 0.5) is 5.82 Å². The number of pyridine rings is 1. The summed E-state index contributed by atoms with van der Waals surface area (Å²) in [5, 5.41) is 11.2. The number of aryl methyl sites for hydroxylation is 1. The van der Waals surface area contributed by atoms with Crippen LogP contribution in [0.3, 0.4) is 0 Å². The second-order valence-corrected chi connectivity index (χ2v) is 5.94. The van der Waals surface area contributed by atoms with Crippen LogP contribution in [-0.4, -0.2) is 11.0 Å². The molecule has 96 valence electrons. The third kappa shape index (κ3) is 2.77. The van der Waals surface area contributed by atoms with Crippen LogP contribution in [0.1, 0.15) is 29.0 Å². The van der Waals surface area contributed by atoms with Crippen molar-refractivity contribution in [2.24, 2.45) is 0 Å². The van der Waals surface area contributed by atoms with Gasteiger partial charge in [0.15, 0.2) is 0 Å². The summed E-state index contributed by atoms with van der Waals surface area (Å²) in [7, 11) is 0. The number of nitrogens with zero attached hydrogens (tertiary/aromatic N) is 3. The lowest BCUT2D eigenvalue weighted by Crippen LogP contribution is -2.25. The molecule has 3 rings (SSSR count). The highest BCUT2D eigenvalue weighted by Gasteiger charge is 2.30. The molecule has 0 spiro atoms. The molecule has 19 heavy (non-hydrogen) atoms. The molecule has 0 radical (unpaired) electrons. The molecule has 2 heterocycles. The van der Waals surface area contributed by atoms with Gasteiger partial charge in [-0.25, -0.2) is 4.98 Å². The summed E-state index contributed by atoms with van der Waals surface area (Å²) in [5.41, 5.74) is 1.60. The molecule has 0 N–H and O–H groups in total. The number of nitriles is 1. The van der Waals surface area contributed by atoms with Crippen LogP contribution in [0.25, 0.3) is 0 Å². The fourth-order valence-corrected chi connectivity index (χ4v) is 2.92. The van der Waals surface area contributed by atoms with E-state index in [1.807, 2.05) is 19.1 Å². The first-order valence-electron chi connectivity index (χ1n) is 6.44. The van der Waals surface area contributed by atoms with Crippen molar-refractivity contribution in [2.45, 2.75) is 32.4 Å². The summed E-state index contributed by atoms with van der Waals surface area (Å²) in [4.78, 5) is 8.28. The SMILES string of the molecule is Cc1cc(C#N)cc(N(Cc2cccs2)C2CC2)n1. The van der Waals surface area contributed by atoms with Crippen LogP contribution >= 0.6 is 11.3 Å². The van der Waals surface area contributed by atoms with E-state index < -0.39 is 0 Å². The number of thiophene rings is 1. The average Bonchev–Trinajstić information content (AvgIpc) is 3.12. The molecular formula is C15H15N3S. The van der Waals surface area contributed by atoms with Gasteiger partial charge >= 0.3 is 0 Å². The molecule has 1 fully saturated rings. The van der Waals surface area contributed by atoms with Crippen molar-refractivity contribution >= 4 is 17.2 Å². The molecule has 1 aliphatic rings. The Morgan fingerprint density at radius 3 is 2.95 bits per heavy atom. The Morgan fingerprint density at radius 1 is 1.47 bits per heavy atom. The van der Waals surface area contributed by atoms with Crippen molar-refractivity contribution < 1.29 is 0 Å². The van der Waals surface area contributed by atoms with E-state index >= 15 is 0 Å². The average molecular weight is 269 g/mol. The quantitative estimate of drug-likeness (QED) is 0.853. The Morgan fingerprint density at radius 2 is 2.32 bits per heavy atom. The second-order valence-electron chi connectivity index (χ2n) is 4.91. The third-order valence-electron chi connectivity index (χ3n) is 3.26. The normalized spacial score (nSPS) is 14.1. The molecule has 2 aromatic rings. The molecule has 0 aromatic carbocycles. The van der Waals surface area contributed by atoms with Gasteiger partial charge in [-0.2, -0.15) is 5.26 Å². The van der Waals surface area contributed by atoms with E-state index in [-0.39, 0.29) is 0 Å². The summed E-state index contributed by atoms with van der Waals surface area (Å²) in [6, 6.07) is 10.8. The van der Waals surface area contributed by atoms with E-state index in [2.05, 4.69) is 33.5 Å². The summed E-state index contributed by atoms with van der Waals surface area (Å²) in [6.07, 6.45) is 2.45. The zero-order valence-electron chi connectivity index (χ0n) is 10.8. The second kappa shape index (κ2) is 5.02. The number of hydrogen-bond acceptors (Lipinski definition) is 4. The maximum absolute atomic E-state index is 9.08. The van der Waals surface area contributed by atoms with E-state index in [1.54, 1.807) is 11.3 Å². The Balaban J connectivity index is 1.92. The minimum Gasteiger partial charge on any atom is -0.348 e. The lowest BCUT2D eigenvalue weighted by atomic mass is 10.2. The lowest BCUT2D eigenvalue weighted by molar-refractivity contribution is 0.783. The van der Waals surface area contributed by atoms with Gasteiger partial charge in [-0.05, 0) is 43.3 Å². The minimum atomic E-state index is 0.586. The van der Waals surface area contributed by atoms with Crippen LogP contribution in [0.15, 0.2) is 29.6 Å². The van der Waals surface area contributed by atoms with Crippen molar-refractivity contribution in [1.82, 2.24) is 4.98 Å². The van der Waals surface area contributed by atoms with Crippen molar-refractivity contribution in [2.75, 3.05) is 4.90 Å². The maximum Gasteiger partial charge on any atom is 0.130 e. The first-order chi connectivity index (χ1) is 9.26. The van der Waals surface area contributed by atoms with Gasteiger partial charge in [0.05, 0.1) is 18.2 Å². The molecule has 0 atom stereocenters. The standard InChI is InChI=1S/C15H15N3S/c1-11-7-12(9-16)8-15(17-11)18(13-4-5-13)10-14-3-2-6-19-14/h2-3,6-8,13H,4-5,10H2,1H3. The number of anilines is 1. The van der Waals surface area contributed by atoms with Gasteiger partial charge in [-0.15, -0.1) is 11.3 Å². The fourth-order valence-electron chi connectivity index (χ4n) is 2.22. The molecular weight excluding hydrogens is 254 g/mol. The van der Waals surface area contributed by atoms with Gasteiger partial charge in [0.1, 0.15) is 5.82 Å². The van der Waals surface area contributed by atoms with Crippen LogP contribution in [0, 0.1) is 18.3 Å². The van der Waals surface area contributed by atoms with Gasteiger partial charge in [0, 0.05) is 16.6 Å². The van der Waals surface area contributed by atoms with Crippen molar-refractivity contribution in [3.8, 4) is 6.07 Å². The molecule has 0 unspecified atom stereocenters. The highest BCUT2D eigenvalue weighted by Crippen LogP contribution is 2.33. The highest BCUT2D eigenvalue weighted by atomic mass is 32.1. The smallest absolute Gasteiger partial charge is 0.130 e. The minimum absolute atomic E-state index is 0.586. The third-order valence-corrected chi connectivity index (χ3v) is 4.12. The Bertz CT molecular complexity index is 609. The first kappa shape index (κ1) is 12.2. The molecule has 0 amide bonds. The fraction of sp³-hybridized carbons (Fsp3) is 0.333. The van der Waals surface area contributed by atoms with E-state index in [0.29, 0.717) is 11.6 Å². The number of aromatic nitrogens is 1. The van der Waals surface area contributed by atoms with Crippen molar-refractivity contribution in [3.05, 3.63) is 45.8 Å². The molecule has 0 aliphatic heterocycles. The zero-order chi connectivity index (χ0) is 13.2. The van der Waals surface area contributed by atoms with Gasteiger partial charge in [0.25, 0.3) is 0 Å². The Hall–Kier alpha value is -1.86. The van der Waals surface area contributed by atoms with Crippen LogP contribution in [0.2, 0.25) is 0 Å². The largest absolute Gasteiger partial charge is 0.348 e. The lowest BCUT2D eigenvalue weighted by Gasteiger charge is -2.23. The zero-order valence-corrected chi connectivity index (χ0v) is 11.7. The molecule has 2 aromatic heterocycles. The van der Waals surface area contributed by atoms with Gasteiger partial charge < -0.3 is 4.90 Å². The highest BCUT2D eigenvalue weighted by molar-refractivity contribution is 7.09. The topological polar surface area (TPSA) is 39.9 Å². The molecule has 4 heteroatoms. The molecule has 0 bridgehead atoms. The Kier molecular flexibility index (Phi) is 3.22. The summed E-state index contributed by atoms with van der Waals surface area (Å²) in [6.45, 7) is 2.84. The van der Waals surface area contributed by atoms with Crippen LogP contribution < -0.4 is 4.90 Å². The van der Waals surface area contributed by atoms with Crippen LogP contribution in [0.5, 0.6) is 0 Å². The monoisotopic (exact) mass is 269 g/mol. The van der Waals surface area contributed by atoms with E-state index in [0.717, 1.165) is 18.1 Å². The first-order valence-corrected chi connectivity index (χ1v) is 7.32. The van der Waals surface area contributed by atoms with Crippen molar-refractivity contribution in [3.63, 3.8) is 0 Å². The summed E-state index contributed by atoms with van der Waals surface area (Å²) in [5.74, 6) is 0.937. The van der Waals surface area contributed by atoms with Crippen LogP contribution in [-0.2, 0) is 6.54 Å². The van der Waals surface area contributed by atoms with Gasteiger partial charge in [-0.3, -0.25) is 0 Å². The summed E-state index contributed by atoms with van der Waals surface area (Å²) >= 11 is 1.77. The van der Waals surface area contributed by atoms with E-state index in [9.17, 15) is 0 Å². The van der Waals surface area contributed by atoms with Gasteiger partial charge in [-0.1, -0.05) is 6.07 Å². The number of hydrogen-bond donors (Lipinski definition) is 0. The van der Waals surface area contributed by atoms with Crippen molar-refractivity contribution in [1.29, 1.82) is 5.26 Å². The molecule has 1 saturated carbocycles. The molecule has 3 nitrogen and oxygen atoms in total. The molecule has 1 aliphatic carbocycles. The molecule has 0 saturated heterocycles. The predicted molar refractivity (Wildman–Crippen MR) is 77.2 cm³/mol. The predicted octanol–water partition coefficient (Wildman–Crippen LogP) is 3.49. The Labute approximate surface area is 117 Å².